The summed E-state index contributed by atoms with van der Waals surface area (Å²) >= 11 is 3.46. The maximum atomic E-state index is 3.46. The number of nitrogens with one attached hydrogen (secondary N) is 2. The molecule has 0 aliphatic carbocycles. The summed E-state index contributed by atoms with van der Waals surface area (Å²) in [7, 11) is 3.76. The highest BCUT2D eigenvalue weighted by Crippen LogP contribution is 2.14. The Balaban J connectivity index is 2.89. The molecule has 0 atom stereocenters. The van der Waals surface area contributed by atoms with Crippen LogP contribution in [-0.2, 0) is 0 Å². The maximum absolute atomic E-state index is 3.46. The molecule has 0 saturated heterocycles. The number of benzene rings is 1. The predicted molar refractivity (Wildman–Crippen MR) is 75.8 cm³/mol. The van der Waals surface area contributed by atoms with Gasteiger partial charge >= 0.3 is 0 Å². The first-order chi connectivity index (χ1) is 8.26. The molecule has 1 aromatic carbocycles. The smallest absolute Gasteiger partial charge is 0.0577 e. The third kappa shape index (κ3) is 5.56. The van der Waals surface area contributed by atoms with Crippen molar-refractivity contribution in [3.05, 3.63) is 33.8 Å². The second-order valence-corrected chi connectivity index (χ2v) is 4.31. The first-order valence-electron chi connectivity index (χ1n) is 5.34. The summed E-state index contributed by atoms with van der Waals surface area (Å²) in [6, 6.07) is 5.98. The van der Waals surface area contributed by atoms with Gasteiger partial charge in [0.1, 0.15) is 0 Å². The Bertz CT molecular complexity index is 444. The van der Waals surface area contributed by atoms with Crippen molar-refractivity contribution in [2.75, 3.05) is 27.2 Å². The predicted octanol–water partition coefficient (Wildman–Crippen LogP) is 1.59. The fourth-order valence-corrected chi connectivity index (χ4v) is 1.70. The third-order valence-electron chi connectivity index (χ3n) is 1.89. The van der Waals surface area contributed by atoms with E-state index < -0.39 is 0 Å². The van der Waals surface area contributed by atoms with Crippen LogP contribution in [0.4, 0.5) is 0 Å². The average molecular weight is 291 g/mol. The number of halogens is 1. The molecular weight excluding hydrogens is 276 g/mol. The van der Waals surface area contributed by atoms with Crippen LogP contribution in [0.1, 0.15) is 11.1 Å². The zero-order valence-corrected chi connectivity index (χ0v) is 11.6. The molecule has 0 aliphatic rings. The van der Waals surface area contributed by atoms with Crippen molar-refractivity contribution in [1.29, 1.82) is 0 Å². The van der Waals surface area contributed by atoms with Crippen molar-refractivity contribution in [3.8, 4) is 23.7 Å². The van der Waals surface area contributed by atoms with Gasteiger partial charge in [0.2, 0.25) is 0 Å². The lowest BCUT2D eigenvalue weighted by Gasteiger charge is -1.96. The van der Waals surface area contributed by atoms with Crippen LogP contribution in [0.15, 0.2) is 22.7 Å². The lowest BCUT2D eigenvalue weighted by molar-refractivity contribution is 0.938. The fraction of sp³-hybridized carbons (Fsp3) is 0.286. The van der Waals surface area contributed by atoms with Gasteiger partial charge < -0.3 is 10.6 Å². The molecule has 1 rings (SSSR count). The van der Waals surface area contributed by atoms with Crippen molar-refractivity contribution in [2.45, 2.75) is 0 Å². The van der Waals surface area contributed by atoms with E-state index in [4.69, 9.17) is 0 Å². The molecule has 0 radical (unpaired) electrons. The molecule has 2 nitrogen and oxygen atoms in total. The second kappa shape index (κ2) is 7.92. The summed E-state index contributed by atoms with van der Waals surface area (Å²) in [6.07, 6.45) is 0. The normalized spacial score (nSPS) is 8.88. The van der Waals surface area contributed by atoms with Crippen molar-refractivity contribution in [2.24, 2.45) is 0 Å². The molecule has 3 heteroatoms. The summed E-state index contributed by atoms with van der Waals surface area (Å²) in [6.45, 7) is 1.38. The summed E-state index contributed by atoms with van der Waals surface area (Å²) < 4.78 is 1.00. The van der Waals surface area contributed by atoms with E-state index in [1.807, 2.05) is 32.3 Å². The van der Waals surface area contributed by atoms with Crippen LogP contribution in [0.25, 0.3) is 0 Å². The molecule has 1 aromatic rings. The van der Waals surface area contributed by atoms with E-state index in [0.717, 1.165) is 15.6 Å². The van der Waals surface area contributed by atoms with Gasteiger partial charge in [0.25, 0.3) is 0 Å². The Morgan fingerprint density at radius 2 is 1.41 bits per heavy atom. The lowest BCUT2D eigenvalue weighted by atomic mass is 10.1. The zero-order valence-electron chi connectivity index (χ0n) is 10.0. The van der Waals surface area contributed by atoms with Crippen LogP contribution in [-0.4, -0.2) is 27.2 Å². The van der Waals surface area contributed by atoms with Gasteiger partial charge in [-0.15, -0.1) is 0 Å². The summed E-state index contributed by atoms with van der Waals surface area (Å²) in [4.78, 5) is 0. The monoisotopic (exact) mass is 290 g/mol. The van der Waals surface area contributed by atoms with Crippen molar-refractivity contribution < 1.29 is 0 Å². The Labute approximate surface area is 111 Å². The standard InChI is InChI=1S/C14H15BrN2/c1-16-7-3-5-12-9-13(6-4-8-17-2)11-14(15)10-12/h9-11,16-17H,7-8H2,1-2H3. The van der Waals surface area contributed by atoms with Crippen molar-refractivity contribution in [3.63, 3.8) is 0 Å². The van der Waals surface area contributed by atoms with Gasteiger partial charge in [-0.2, -0.15) is 0 Å². The molecule has 0 bridgehead atoms. The van der Waals surface area contributed by atoms with Crippen molar-refractivity contribution >= 4 is 15.9 Å². The van der Waals surface area contributed by atoms with Gasteiger partial charge in [-0.1, -0.05) is 39.6 Å². The van der Waals surface area contributed by atoms with Gasteiger partial charge in [0.15, 0.2) is 0 Å². The summed E-state index contributed by atoms with van der Waals surface area (Å²) in [5.41, 5.74) is 1.95. The van der Waals surface area contributed by atoms with Crippen LogP contribution in [0.3, 0.4) is 0 Å². The molecular formula is C14H15BrN2. The number of hydrogen-bond acceptors (Lipinski definition) is 2. The van der Waals surface area contributed by atoms with Crippen molar-refractivity contribution in [1.82, 2.24) is 10.6 Å². The Morgan fingerprint density at radius 3 is 1.82 bits per heavy atom. The first kappa shape index (κ1) is 13.8. The van der Waals surface area contributed by atoms with Gasteiger partial charge in [-0.05, 0) is 32.3 Å². The van der Waals surface area contributed by atoms with E-state index in [-0.39, 0.29) is 0 Å². The van der Waals surface area contributed by atoms with E-state index >= 15 is 0 Å². The van der Waals surface area contributed by atoms with E-state index in [1.165, 1.54) is 0 Å². The van der Waals surface area contributed by atoms with E-state index in [1.54, 1.807) is 0 Å². The topological polar surface area (TPSA) is 24.1 Å². The lowest BCUT2D eigenvalue weighted by Crippen LogP contribution is -2.04. The highest BCUT2D eigenvalue weighted by molar-refractivity contribution is 9.10. The largest absolute Gasteiger partial charge is 0.309 e. The maximum Gasteiger partial charge on any atom is 0.0577 e. The Kier molecular flexibility index (Phi) is 6.43. The average Bonchev–Trinajstić information content (AvgIpc) is 2.29. The molecule has 0 saturated carbocycles. The summed E-state index contributed by atoms with van der Waals surface area (Å²) in [5.74, 6) is 12.2. The van der Waals surface area contributed by atoms with Crippen LogP contribution in [0.5, 0.6) is 0 Å². The van der Waals surface area contributed by atoms with Crippen LogP contribution in [0, 0.1) is 23.7 Å². The van der Waals surface area contributed by atoms with E-state index in [9.17, 15) is 0 Å². The molecule has 0 aromatic heterocycles. The highest BCUT2D eigenvalue weighted by Gasteiger charge is 1.94. The molecule has 0 spiro atoms. The van der Waals surface area contributed by atoms with E-state index in [0.29, 0.717) is 13.1 Å². The Hall–Kier alpha value is -1.26. The highest BCUT2D eigenvalue weighted by atomic mass is 79.9. The minimum Gasteiger partial charge on any atom is -0.309 e. The first-order valence-corrected chi connectivity index (χ1v) is 6.13. The molecule has 0 heterocycles. The molecule has 0 aliphatic heterocycles. The summed E-state index contributed by atoms with van der Waals surface area (Å²) in [5, 5.41) is 5.98. The third-order valence-corrected chi connectivity index (χ3v) is 2.35. The second-order valence-electron chi connectivity index (χ2n) is 3.39. The SMILES string of the molecule is CNCC#Cc1cc(Br)cc(C#CCNC)c1. The minimum absolute atomic E-state index is 0.688. The molecule has 88 valence electrons. The van der Waals surface area contributed by atoms with Gasteiger partial charge in [-0.3, -0.25) is 0 Å². The Morgan fingerprint density at radius 1 is 0.941 bits per heavy atom. The molecule has 17 heavy (non-hydrogen) atoms. The fourth-order valence-electron chi connectivity index (χ4n) is 1.20. The van der Waals surface area contributed by atoms with Gasteiger partial charge in [0.05, 0.1) is 13.1 Å². The molecule has 0 amide bonds. The van der Waals surface area contributed by atoms with Crippen LogP contribution >= 0.6 is 15.9 Å². The number of rotatable bonds is 2. The minimum atomic E-state index is 0.688. The van der Waals surface area contributed by atoms with Gasteiger partial charge in [0, 0.05) is 15.6 Å². The quantitative estimate of drug-likeness (QED) is 0.809. The molecule has 0 fully saturated rings. The zero-order chi connectivity index (χ0) is 12.5. The van der Waals surface area contributed by atoms with Crippen LogP contribution in [0.2, 0.25) is 0 Å². The number of hydrogen-bond donors (Lipinski definition) is 2. The van der Waals surface area contributed by atoms with Crippen LogP contribution < -0.4 is 10.6 Å². The van der Waals surface area contributed by atoms with Gasteiger partial charge in [-0.25, -0.2) is 0 Å². The molecule has 0 unspecified atom stereocenters. The molecule has 2 N–H and O–H groups in total. The van der Waals surface area contributed by atoms with E-state index in [2.05, 4.69) is 50.2 Å².